The van der Waals surface area contributed by atoms with E-state index < -0.39 is 90.0 Å². The van der Waals surface area contributed by atoms with Crippen molar-refractivity contribution in [1.29, 1.82) is 0 Å². The highest BCUT2D eigenvalue weighted by Gasteiger charge is 2.39. The Morgan fingerprint density at radius 3 is 1.63 bits per heavy atom. The molecule has 0 atom stereocenters. The number of carbonyl (C=O) groups excluding carboxylic acids is 5. The second-order valence-corrected chi connectivity index (χ2v) is 19.5. The zero-order valence-electron chi connectivity index (χ0n) is 38.2. The molecule has 366 valence electrons. The van der Waals surface area contributed by atoms with Gasteiger partial charge in [-0.15, -0.1) is 10.2 Å². The summed E-state index contributed by atoms with van der Waals surface area (Å²) in [7, 11) is -5.87. The van der Waals surface area contributed by atoms with Crippen molar-refractivity contribution in [1.82, 2.24) is 14.1 Å². The Hall–Kier alpha value is -7.76. The lowest BCUT2D eigenvalue weighted by Crippen LogP contribution is -2.32. The van der Waals surface area contributed by atoms with Gasteiger partial charge in [0, 0.05) is 29.9 Å². The fourth-order valence-electron chi connectivity index (χ4n) is 8.41. The molecule has 8 rings (SSSR count). The highest BCUT2D eigenvalue weighted by Crippen LogP contribution is 2.47. The van der Waals surface area contributed by atoms with Crippen LogP contribution in [0.25, 0.3) is 10.8 Å². The van der Waals surface area contributed by atoms with Gasteiger partial charge in [0.05, 0.1) is 72.3 Å². The van der Waals surface area contributed by atoms with Crippen LogP contribution in [0.4, 0.5) is 17.1 Å². The first kappa shape index (κ1) is 49.7. The molecule has 23 heteroatoms. The van der Waals surface area contributed by atoms with Crippen molar-refractivity contribution in [2.24, 2.45) is 10.2 Å². The molecule has 6 aromatic carbocycles. The molecule has 0 radical (unpaired) electrons. The predicted molar refractivity (Wildman–Crippen MR) is 257 cm³/mol. The maximum absolute atomic E-state index is 14.6. The van der Waals surface area contributed by atoms with E-state index in [1.165, 1.54) is 80.2 Å². The molecule has 0 fully saturated rings. The van der Waals surface area contributed by atoms with Crippen molar-refractivity contribution in [2.75, 3.05) is 39.7 Å². The normalized spacial score (nSPS) is 13.7. The molecule has 0 aliphatic carbocycles. The molecule has 0 saturated heterocycles. The molecule has 0 spiro atoms. The van der Waals surface area contributed by atoms with Gasteiger partial charge in [0.1, 0.15) is 39.1 Å². The largest absolute Gasteiger partial charge is 0.505 e. The van der Waals surface area contributed by atoms with Crippen LogP contribution in [-0.4, -0.2) is 105 Å². The summed E-state index contributed by atoms with van der Waals surface area (Å²) in [5, 5.41) is 22.3. The Kier molecular flexibility index (Phi) is 13.4. The van der Waals surface area contributed by atoms with E-state index in [2.05, 4.69) is 15.5 Å². The van der Waals surface area contributed by atoms with Gasteiger partial charge in [-0.2, -0.15) is 12.7 Å². The lowest BCUT2D eigenvalue weighted by atomic mass is 9.95. The third-order valence-corrected chi connectivity index (χ3v) is 15.2. The summed E-state index contributed by atoms with van der Waals surface area (Å²) in [5.41, 5.74) is -1.94. The number of sulfonamides is 1. The molecule has 2 heterocycles. The van der Waals surface area contributed by atoms with Crippen LogP contribution in [0.1, 0.15) is 76.8 Å². The average molecular weight is 1030 g/mol. The molecule has 71 heavy (non-hydrogen) atoms. The van der Waals surface area contributed by atoms with Crippen LogP contribution < -0.4 is 19.5 Å². The molecule has 0 unspecified atom stereocenters. The molecule has 3 N–H and O–H groups in total. The van der Waals surface area contributed by atoms with Crippen LogP contribution in [0, 0.1) is 0 Å². The van der Waals surface area contributed by atoms with Crippen molar-refractivity contribution >= 4 is 89.1 Å². The maximum Gasteiger partial charge on any atom is 0.296 e. The van der Waals surface area contributed by atoms with E-state index in [4.69, 9.17) is 25.8 Å². The van der Waals surface area contributed by atoms with E-state index in [1.807, 2.05) is 0 Å². The molecule has 20 nitrogen and oxygen atoms in total. The van der Waals surface area contributed by atoms with E-state index >= 15 is 0 Å². The van der Waals surface area contributed by atoms with Crippen LogP contribution in [0.15, 0.2) is 111 Å². The van der Waals surface area contributed by atoms with Crippen LogP contribution in [0.3, 0.4) is 0 Å². The third kappa shape index (κ3) is 8.80. The quantitative estimate of drug-likeness (QED) is 0.0475. The number of hydrogen-bond donors (Lipinski definition) is 3. The summed E-state index contributed by atoms with van der Waals surface area (Å²) in [6, 6.07) is 20.5. The van der Waals surface area contributed by atoms with Gasteiger partial charge in [0.15, 0.2) is 5.75 Å². The van der Waals surface area contributed by atoms with Crippen molar-refractivity contribution < 1.29 is 64.7 Å². The van der Waals surface area contributed by atoms with E-state index in [-0.39, 0.29) is 90.4 Å². The lowest BCUT2D eigenvalue weighted by Gasteiger charge is -2.23. The summed E-state index contributed by atoms with van der Waals surface area (Å²) >= 11 is 6.39. The first-order valence-corrected chi connectivity index (χ1v) is 24.6. The first-order valence-electron chi connectivity index (χ1n) is 21.3. The van der Waals surface area contributed by atoms with Gasteiger partial charge >= 0.3 is 0 Å². The fraction of sp³-hybridized carbons (Fsp3) is 0.188. The van der Waals surface area contributed by atoms with Crippen LogP contribution in [-0.2, 0) is 33.2 Å². The number of hydrogen-bond acceptors (Lipinski definition) is 15. The van der Waals surface area contributed by atoms with Gasteiger partial charge in [-0.3, -0.25) is 38.3 Å². The third-order valence-electron chi connectivity index (χ3n) is 11.9. The number of methoxy groups -OCH3 is 3. The van der Waals surface area contributed by atoms with E-state index in [9.17, 15) is 50.5 Å². The minimum absolute atomic E-state index is 0.000376. The number of carbonyl (C=O) groups is 5. The van der Waals surface area contributed by atoms with Crippen molar-refractivity contribution in [3.8, 4) is 23.0 Å². The Morgan fingerprint density at radius 1 is 0.676 bits per heavy atom. The molecule has 0 saturated carbocycles. The number of nitrogens with one attached hydrogen (secondary N) is 1. The number of imide groups is 2. The first-order chi connectivity index (χ1) is 33.8. The van der Waals surface area contributed by atoms with Crippen molar-refractivity contribution in [3.63, 3.8) is 0 Å². The van der Waals surface area contributed by atoms with E-state index in [0.717, 1.165) is 21.9 Å². The lowest BCUT2D eigenvalue weighted by molar-refractivity contribution is 0.0617. The average Bonchev–Trinajstić information content (AvgIpc) is 3.73. The van der Waals surface area contributed by atoms with Crippen LogP contribution >= 0.6 is 11.6 Å². The summed E-state index contributed by atoms with van der Waals surface area (Å²) in [4.78, 5) is 70.3. The number of fused-ring (bicyclic) bond motifs is 3. The highest BCUT2D eigenvalue weighted by molar-refractivity contribution is 7.89. The predicted octanol–water partition coefficient (Wildman–Crippen LogP) is 7.76. The maximum atomic E-state index is 14.6. The molecule has 0 bridgehead atoms. The topological polar surface area (TPSA) is 268 Å². The summed E-state index contributed by atoms with van der Waals surface area (Å²) in [5.74, 6) is -5.41. The smallest absolute Gasteiger partial charge is 0.296 e. The van der Waals surface area contributed by atoms with Gasteiger partial charge in [-0.1, -0.05) is 49.7 Å². The number of anilines is 1. The number of azo groups is 1. The number of phenols is 1. The van der Waals surface area contributed by atoms with E-state index in [1.54, 1.807) is 38.1 Å². The fourth-order valence-corrected chi connectivity index (χ4v) is 11.0. The zero-order valence-corrected chi connectivity index (χ0v) is 40.6. The summed E-state index contributed by atoms with van der Waals surface area (Å²) in [6.45, 7) is 2.36. The molecular weight excluding hydrogens is 984 g/mol. The monoisotopic (exact) mass is 1020 g/mol. The molecule has 2 aliphatic rings. The molecule has 2 aliphatic heterocycles. The number of rotatable bonds is 16. The van der Waals surface area contributed by atoms with Crippen LogP contribution in [0.2, 0.25) is 5.02 Å². The molecule has 0 aromatic heterocycles. The second-order valence-electron chi connectivity index (χ2n) is 15.8. The van der Waals surface area contributed by atoms with Gasteiger partial charge in [0.25, 0.3) is 39.7 Å². The SMILES string of the molecule is CCN(CC)S(=O)(=O)c1ccc(OC)c(N=Nc2c(O)c(C(=O)Nc3cc(Cl)c(OC)cc3OC)c(S(=O)(=O)O)c3cc(CN4C(=O)c5ccccc5C4=O)c(CN4C(=O)c5ccccc5C4=O)cc23)c1. The number of aromatic hydroxyl groups is 1. The number of amides is 5. The summed E-state index contributed by atoms with van der Waals surface area (Å²) in [6.07, 6.45) is 0. The van der Waals surface area contributed by atoms with Crippen LogP contribution in [0.5, 0.6) is 23.0 Å². The second kappa shape index (κ2) is 19.2. The number of nitrogens with zero attached hydrogens (tertiary/aromatic N) is 5. The van der Waals surface area contributed by atoms with Crippen molar-refractivity contribution in [2.45, 2.75) is 36.7 Å². The minimum Gasteiger partial charge on any atom is -0.505 e. The summed E-state index contributed by atoms with van der Waals surface area (Å²) < 4.78 is 83.3. The Morgan fingerprint density at radius 2 is 1.17 bits per heavy atom. The Labute approximate surface area is 410 Å². The standard InChI is InChI=1S/C48H41ClN6O14S2/c1-6-53(7-2)70(62,63)27-16-17-37(67-3)36(20-27)51-52-41-32-18-25(23-54-45(58)28-12-8-9-13-29(28)46(54)59)26(24-55-47(60)30-14-10-11-15-31(30)48(55)61)19-33(32)43(71(64,65)66)40(42(41)56)44(57)50-35-21-34(49)38(68-4)22-39(35)69-5/h8-22,56H,6-7,23-24H2,1-5H3,(H,50,57)(H,64,65,66). The Balaban J connectivity index is 1.41. The van der Waals surface area contributed by atoms with Gasteiger partial charge in [-0.05, 0) is 71.8 Å². The van der Waals surface area contributed by atoms with Crippen molar-refractivity contribution in [3.05, 3.63) is 135 Å². The van der Waals surface area contributed by atoms with Gasteiger partial charge < -0.3 is 24.6 Å². The Bertz CT molecular complexity index is 3480. The number of halogens is 1. The molecular formula is C48H41ClN6O14S2. The molecule has 5 amide bonds. The number of benzene rings is 6. The van der Waals surface area contributed by atoms with E-state index in [0.29, 0.717) is 0 Å². The minimum atomic E-state index is -5.61. The molecule has 6 aromatic rings. The highest BCUT2D eigenvalue weighted by atomic mass is 35.5. The van der Waals surface area contributed by atoms with Gasteiger partial charge in [0.2, 0.25) is 10.0 Å². The van der Waals surface area contributed by atoms with Gasteiger partial charge in [-0.25, -0.2) is 8.42 Å². The number of phenolic OH excluding ortho intramolecular Hbond substituents is 1. The number of ether oxygens (including phenoxy) is 3. The zero-order chi connectivity index (χ0) is 51.3.